The van der Waals surface area contributed by atoms with Crippen molar-refractivity contribution >= 4 is 0 Å². The number of phenols is 2. The van der Waals surface area contributed by atoms with Gasteiger partial charge in [0, 0.05) is 12.8 Å². The summed E-state index contributed by atoms with van der Waals surface area (Å²) in [5.74, 6) is 0.564. The van der Waals surface area contributed by atoms with Crippen LogP contribution in [0.4, 0.5) is 0 Å². The van der Waals surface area contributed by atoms with E-state index in [1.54, 1.807) is 30.7 Å². The standard InChI is InChI=1S/C18H16O3/c19-17-7-5-13(6-8-17)9-15-11-21-12-16(15)10-14-3-1-2-4-18(14)20/h1-8,11-12,19-20H,9-10H2. The number of hydrogen-bond acceptors (Lipinski definition) is 3. The van der Waals surface area contributed by atoms with Gasteiger partial charge in [-0.15, -0.1) is 0 Å². The van der Waals surface area contributed by atoms with E-state index in [9.17, 15) is 10.2 Å². The molecule has 0 amide bonds. The summed E-state index contributed by atoms with van der Waals surface area (Å²) in [7, 11) is 0. The molecule has 0 aliphatic heterocycles. The molecule has 1 aromatic heterocycles. The molecule has 2 N–H and O–H groups in total. The summed E-state index contributed by atoms with van der Waals surface area (Å²) in [5, 5.41) is 19.2. The normalized spacial score (nSPS) is 10.7. The third-order valence-corrected chi connectivity index (χ3v) is 3.54. The quantitative estimate of drug-likeness (QED) is 0.762. The SMILES string of the molecule is Oc1ccc(Cc2cocc2Cc2ccccc2O)cc1. The van der Waals surface area contributed by atoms with Crippen LogP contribution in [0.25, 0.3) is 0 Å². The van der Waals surface area contributed by atoms with Crippen molar-refractivity contribution in [1.82, 2.24) is 0 Å². The molecule has 3 rings (SSSR count). The van der Waals surface area contributed by atoms with Crippen LogP contribution in [0.15, 0.2) is 65.5 Å². The molecule has 0 saturated carbocycles. The van der Waals surface area contributed by atoms with Crippen molar-refractivity contribution in [2.45, 2.75) is 12.8 Å². The maximum atomic E-state index is 9.86. The Hall–Kier alpha value is -2.68. The first kappa shape index (κ1) is 13.3. The van der Waals surface area contributed by atoms with Gasteiger partial charge in [-0.2, -0.15) is 0 Å². The van der Waals surface area contributed by atoms with Crippen LogP contribution >= 0.6 is 0 Å². The first-order valence-electron chi connectivity index (χ1n) is 6.81. The maximum Gasteiger partial charge on any atom is 0.119 e. The van der Waals surface area contributed by atoms with E-state index in [-0.39, 0.29) is 5.75 Å². The lowest BCUT2D eigenvalue weighted by molar-refractivity contribution is 0.469. The molecular formula is C18H16O3. The van der Waals surface area contributed by atoms with Gasteiger partial charge in [0.25, 0.3) is 0 Å². The van der Waals surface area contributed by atoms with Crippen molar-refractivity contribution in [3.8, 4) is 11.5 Å². The molecular weight excluding hydrogens is 264 g/mol. The van der Waals surface area contributed by atoms with Crippen molar-refractivity contribution in [2.24, 2.45) is 0 Å². The van der Waals surface area contributed by atoms with E-state index in [1.807, 2.05) is 30.3 Å². The zero-order valence-corrected chi connectivity index (χ0v) is 11.5. The van der Waals surface area contributed by atoms with E-state index in [0.29, 0.717) is 12.2 Å². The molecule has 0 fully saturated rings. The van der Waals surface area contributed by atoms with Gasteiger partial charge in [-0.1, -0.05) is 30.3 Å². The summed E-state index contributed by atoms with van der Waals surface area (Å²) in [6.07, 6.45) is 4.83. The predicted molar refractivity (Wildman–Crippen MR) is 80.5 cm³/mol. The average molecular weight is 280 g/mol. The summed E-state index contributed by atoms with van der Waals surface area (Å²) in [6.45, 7) is 0. The van der Waals surface area contributed by atoms with Gasteiger partial charge in [-0.05, 0) is 40.5 Å². The van der Waals surface area contributed by atoms with Crippen LogP contribution in [0.5, 0.6) is 11.5 Å². The van der Waals surface area contributed by atoms with E-state index < -0.39 is 0 Å². The number of furan rings is 1. The van der Waals surface area contributed by atoms with E-state index in [0.717, 1.165) is 28.7 Å². The fraction of sp³-hybridized carbons (Fsp3) is 0.111. The molecule has 0 aliphatic carbocycles. The minimum Gasteiger partial charge on any atom is -0.508 e. The smallest absolute Gasteiger partial charge is 0.119 e. The van der Waals surface area contributed by atoms with Gasteiger partial charge in [0.05, 0.1) is 12.5 Å². The van der Waals surface area contributed by atoms with Crippen LogP contribution in [-0.4, -0.2) is 10.2 Å². The largest absolute Gasteiger partial charge is 0.508 e. The fourth-order valence-electron chi connectivity index (χ4n) is 2.36. The average Bonchev–Trinajstić information content (AvgIpc) is 2.91. The zero-order chi connectivity index (χ0) is 14.7. The number of phenolic OH excluding ortho intramolecular Hbond substituents is 2. The van der Waals surface area contributed by atoms with Crippen LogP contribution < -0.4 is 0 Å². The second-order valence-corrected chi connectivity index (χ2v) is 5.07. The Labute approximate surface area is 123 Å². The van der Waals surface area contributed by atoms with E-state index in [4.69, 9.17) is 4.42 Å². The molecule has 0 unspecified atom stereocenters. The summed E-state index contributed by atoms with van der Waals surface area (Å²) < 4.78 is 5.32. The lowest BCUT2D eigenvalue weighted by Crippen LogP contribution is -1.94. The van der Waals surface area contributed by atoms with Crippen molar-refractivity contribution in [1.29, 1.82) is 0 Å². The Morgan fingerprint density at radius 2 is 1.38 bits per heavy atom. The molecule has 1 heterocycles. The Morgan fingerprint density at radius 3 is 2.10 bits per heavy atom. The van der Waals surface area contributed by atoms with Crippen LogP contribution in [0.3, 0.4) is 0 Å². The van der Waals surface area contributed by atoms with Gasteiger partial charge in [0.15, 0.2) is 0 Å². The molecule has 0 atom stereocenters. The van der Waals surface area contributed by atoms with E-state index in [1.165, 1.54) is 0 Å². The monoisotopic (exact) mass is 280 g/mol. The first-order valence-corrected chi connectivity index (χ1v) is 6.81. The molecule has 2 aromatic carbocycles. The third-order valence-electron chi connectivity index (χ3n) is 3.54. The second kappa shape index (κ2) is 5.75. The van der Waals surface area contributed by atoms with Crippen molar-refractivity contribution in [2.75, 3.05) is 0 Å². The highest BCUT2D eigenvalue weighted by atomic mass is 16.3. The summed E-state index contributed by atoms with van der Waals surface area (Å²) in [5.41, 5.74) is 4.13. The Morgan fingerprint density at radius 1 is 0.714 bits per heavy atom. The van der Waals surface area contributed by atoms with Crippen molar-refractivity contribution in [3.63, 3.8) is 0 Å². The Kier molecular flexibility index (Phi) is 3.65. The van der Waals surface area contributed by atoms with Crippen molar-refractivity contribution in [3.05, 3.63) is 83.3 Å². The van der Waals surface area contributed by atoms with Gasteiger partial charge in [0.1, 0.15) is 11.5 Å². The number of rotatable bonds is 4. The highest BCUT2D eigenvalue weighted by Gasteiger charge is 2.09. The molecule has 0 radical (unpaired) electrons. The van der Waals surface area contributed by atoms with Crippen LogP contribution in [0.1, 0.15) is 22.3 Å². The maximum absolute atomic E-state index is 9.86. The summed E-state index contributed by atoms with van der Waals surface area (Å²) in [4.78, 5) is 0. The lowest BCUT2D eigenvalue weighted by atomic mass is 9.99. The topological polar surface area (TPSA) is 53.6 Å². The predicted octanol–water partition coefficient (Wildman–Crippen LogP) is 3.87. The number of hydrogen-bond donors (Lipinski definition) is 2. The molecule has 3 heteroatoms. The van der Waals surface area contributed by atoms with Gasteiger partial charge in [-0.25, -0.2) is 0 Å². The molecule has 0 saturated heterocycles. The number of benzene rings is 2. The molecule has 3 nitrogen and oxygen atoms in total. The van der Waals surface area contributed by atoms with Crippen molar-refractivity contribution < 1.29 is 14.6 Å². The Balaban J connectivity index is 1.81. The van der Waals surface area contributed by atoms with Gasteiger partial charge < -0.3 is 14.6 Å². The molecule has 0 aliphatic rings. The molecule has 0 bridgehead atoms. The van der Waals surface area contributed by atoms with Crippen LogP contribution in [-0.2, 0) is 12.8 Å². The molecule has 0 spiro atoms. The molecule has 106 valence electrons. The minimum atomic E-state index is 0.264. The minimum absolute atomic E-state index is 0.264. The highest BCUT2D eigenvalue weighted by molar-refractivity contribution is 5.39. The first-order chi connectivity index (χ1) is 10.2. The van der Waals surface area contributed by atoms with Gasteiger partial charge >= 0.3 is 0 Å². The zero-order valence-electron chi connectivity index (χ0n) is 11.5. The van der Waals surface area contributed by atoms with Crippen LogP contribution in [0, 0.1) is 0 Å². The fourth-order valence-corrected chi connectivity index (χ4v) is 2.36. The molecule has 21 heavy (non-hydrogen) atoms. The van der Waals surface area contributed by atoms with Crippen LogP contribution in [0.2, 0.25) is 0 Å². The molecule has 3 aromatic rings. The Bertz CT molecular complexity index is 726. The highest BCUT2D eigenvalue weighted by Crippen LogP contribution is 2.24. The number of para-hydroxylation sites is 1. The summed E-state index contributed by atoms with van der Waals surface area (Å²) in [6, 6.07) is 14.5. The number of aromatic hydroxyl groups is 2. The van der Waals surface area contributed by atoms with E-state index >= 15 is 0 Å². The van der Waals surface area contributed by atoms with Gasteiger partial charge in [-0.3, -0.25) is 0 Å². The third kappa shape index (κ3) is 3.08. The lowest BCUT2D eigenvalue weighted by Gasteiger charge is -2.05. The summed E-state index contributed by atoms with van der Waals surface area (Å²) >= 11 is 0. The second-order valence-electron chi connectivity index (χ2n) is 5.07. The van der Waals surface area contributed by atoms with E-state index in [2.05, 4.69) is 0 Å². The van der Waals surface area contributed by atoms with Gasteiger partial charge in [0.2, 0.25) is 0 Å².